The summed E-state index contributed by atoms with van der Waals surface area (Å²) in [6, 6.07) is 1.12. The van der Waals surface area contributed by atoms with Gasteiger partial charge in [0.1, 0.15) is 16.4 Å². The molecular formula is C17H21F5N2O4S2. The average molecular weight is 476 g/mol. The van der Waals surface area contributed by atoms with Crippen molar-refractivity contribution in [3.8, 4) is 0 Å². The molecule has 0 spiro atoms. The Morgan fingerprint density at radius 2 is 1.73 bits per heavy atom. The van der Waals surface area contributed by atoms with Crippen LogP contribution in [0.1, 0.15) is 38.2 Å². The first-order chi connectivity index (χ1) is 13.8. The molecule has 0 heterocycles. The van der Waals surface area contributed by atoms with Crippen LogP contribution in [0.3, 0.4) is 0 Å². The van der Waals surface area contributed by atoms with E-state index in [-0.39, 0.29) is 19.4 Å². The van der Waals surface area contributed by atoms with Gasteiger partial charge >= 0.3 is 15.5 Å². The quantitative estimate of drug-likeness (QED) is 0.468. The summed E-state index contributed by atoms with van der Waals surface area (Å²) in [7, 11) is -9.94. The molecule has 1 fully saturated rings. The van der Waals surface area contributed by atoms with Crippen LogP contribution in [0.15, 0.2) is 30.4 Å². The zero-order chi connectivity index (χ0) is 22.8. The normalized spacial score (nSPS) is 23.7. The largest absolute Gasteiger partial charge is 0.511 e. The highest BCUT2D eigenvalue weighted by Crippen LogP contribution is 2.45. The third kappa shape index (κ3) is 5.01. The maximum atomic E-state index is 14.5. The van der Waals surface area contributed by atoms with Crippen molar-refractivity contribution in [2.75, 3.05) is 6.54 Å². The van der Waals surface area contributed by atoms with Gasteiger partial charge < -0.3 is 0 Å². The van der Waals surface area contributed by atoms with Crippen LogP contribution in [0.4, 0.5) is 22.0 Å². The van der Waals surface area contributed by atoms with E-state index in [2.05, 4.69) is 4.72 Å². The Labute approximate surface area is 171 Å². The lowest BCUT2D eigenvalue weighted by atomic mass is 9.81. The van der Waals surface area contributed by atoms with Gasteiger partial charge in [-0.05, 0) is 50.8 Å². The first-order valence-electron chi connectivity index (χ1n) is 8.90. The molecule has 0 aliphatic heterocycles. The van der Waals surface area contributed by atoms with Gasteiger partial charge in [-0.1, -0.05) is 12.2 Å². The van der Waals surface area contributed by atoms with Gasteiger partial charge in [-0.2, -0.15) is 13.2 Å². The number of halogens is 5. The summed E-state index contributed by atoms with van der Waals surface area (Å²) in [5.74, 6) is -1.86. The van der Waals surface area contributed by atoms with Crippen LogP contribution in [-0.4, -0.2) is 34.9 Å². The van der Waals surface area contributed by atoms with Crippen LogP contribution in [0.2, 0.25) is 0 Å². The molecule has 0 bridgehead atoms. The number of alkyl halides is 3. The predicted molar refractivity (Wildman–Crippen MR) is 100 cm³/mol. The molecular weight excluding hydrogens is 455 g/mol. The van der Waals surface area contributed by atoms with E-state index in [1.165, 1.54) is 10.8 Å². The molecule has 2 rings (SSSR count). The Balaban J connectivity index is 2.40. The molecule has 2 N–H and O–H groups in total. The number of hydrogen-bond donors (Lipinski definition) is 2. The second kappa shape index (κ2) is 8.89. The fourth-order valence-electron chi connectivity index (χ4n) is 3.43. The lowest BCUT2D eigenvalue weighted by Crippen LogP contribution is -2.51. The molecule has 1 aliphatic carbocycles. The Hall–Kier alpha value is -1.57. The number of benzene rings is 1. The van der Waals surface area contributed by atoms with Crippen molar-refractivity contribution < 1.29 is 38.8 Å². The fourth-order valence-corrected chi connectivity index (χ4v) is 6.05. The Morgan fingerprint density at radius 1 is 1.13 bits per heavy atom. The SMILES string of the molecule is C/C=C/CNS(=O)(=O)[C@]1(c2cc(F)ccc2F)CC[C@H](NS(=O)(=O)C(F)(F)F)CC1. The summed E-state index contributed by atoms with van der Waals surface area (Å²) in [6.07, 6.45) is 1.58. The van der Waals surface area contributed by atoms with Crippen molar-refractivity contribution in [2.45, 2.75) is 48.9 Å². The summed E-state index contributed by atoms with van der Waals surface area (Å²) >= 11 is 0. The van der Waals surface area contributed by atoms with Crippen molar-refractivity contribution >= 4 is 20.0 Å². The smallest absolute Gasteiger partial charge is 0.211 e. The van der Waals surface area contributed by atoms with Gasteiger partial charge in [0.05, 0.1) is 0 Å². The minimum absolute atomic E-state index is 0.123. The molecule has 1 aromatic carbocycles. The first kappa shape index (κ1) is 24.7. The number of hydrogen-bond acceptors (Lipinski definition) is 4. The molecule has 30 heavy (non-hydrogen) atoms. The molecule has 0 radical (unpaired) electrons. The summed E-state index contributed by atoms with van der Waals surface area (Å²) in [4.78, 5) is 0. The maximum Gasteiger partial charge on any atom is 0.511 e. The topological polar surface area (TPSA) is 92.3 Å². The molecule has 0 aromatic heterocycles. The minimum Gasteiger partial charge on any atom is -0.211 e. The van der Waals surface area contributed by atoms with Crippen molar-refractivity contribution in [1.82, 2.24) is 9.44 Å². The van der Waals surface area contributed by atoms with E-state index in [9.17, 15) is 38.8 Å². The van der Waals surface area contributed by atoms with E-state index < -0.39 is 66.4 Å². The lowest BCUT2D eigenvalue weighted by Gasteiger charge is -2.40. The molecule has 6 nitrogen and oxygen atoms in total. The highest BCUT2D eigenvalue weighted by atomic mass is 32.2. The summed E-state index contributed by atoms with van der Waals surface area (Å²) in [5, 5.41) is 0. The Morgan fingerprint density at radius 3 is 2.27 bits per heavy atom. The molecule has 0 amide bonds. The van der Waals surface area contributed by atoms with Crippen LogP contribution in [0.5, 0.6) is 0 Å². The van der Waals surface area contributed by atoms with E-state index in [0.29, 0.717) is 0 Å². The average Bonchev–Trinajstić information content (AvgIpc) is 2.63. The van der Waals surface area contributed by atoms with E-state index in [1.54, 1.807) is 13.0 Å². The number of allylic oxidation sites excluding steroid dienone is 1. The van der Waals surface area contributed by atoms with Crippen molar-refractivity contribution in [2.24, 2.45) is 0 Å². The second-order valence-corrected chi connectivity index (χ2v) is 10.7. The zero-order valence-electron chi connectivity index (χ0n) is 15.8. The number of nitrogens with one attached hydrogen (secondary N) is 2. The molecule has 0 unspecified atom stereocenters. The van der Waals surface area contributed by atoms with Gasteiger partial charge in [0.25, 0.3) is 0 Å². The minimum atomic E-state index is -5.63. The van der Waals surface area contributed by atoms with Gasteiger partial charge in [-0.3, -0.25) is 0 Å². The molecule has 0 atom stereocenters. The molecule has 13 heteroatoms. The fraction of sp³-hybridized carbons (Fsp3) is 0.529. The lowest BCUT2D eigenvalue weighted by molar-refractivity contribution is -0.0452. The molecule has 1 aliphatic rings. The predicted octanol–water partition coefficient (Wildman–Crippen LogP) is 3.04. The van der Waals surface area contributed by atoms with E-state index >= 15 is 0 Å². The van der Waals surface area contributed by atoms with Gasteiger partial charge in [0.15, 0.2) is 0 Å². The number of rotatable bonds is 7. The highest BCUT2D eigenvalue weighted by molar-refractivity contribution is 7.90. The zero-order valence-corrected chi connectivity index (χ0v) is 17.5. The first-order valence-corrected chi connectivity index (χ1v) is 11.9. The summed E-state index contributed by atoms with van der Waals surface area (Å²) in [6.45, 7) is 1.52. The second-order valence-electron chi connectivity index (χ2n) is 6.88. The van der Waals surface area contributed by atoms with E-state index in [1.807, 2.05) is 0 Å². The molecule has 1 aromatic rings. The third-order valence-corrected chi connectivity index (χ3v) is 8.44. The van der Waals surface area contributed by atoms with Crippen molar-refractivity contribution in [3.05, 3.63) is 47.5 Å². The Bertz CT molecular complexity index is 999. The molecule has 0 saturated heterocycles. The van der Waals surface area contributed by atoms with Crippen LogP contribution in [-0.2, 0) is 24.8 Å². The Kier molecular flexibility index (Phi) is 7.32. The van der Waals surface area contributed by atoms with Crippen LogP contribution < -0.4 is 9.44 Å². The summed E-state index contributed by atoms with van der Waals surface area (Å²) < 4.78 is 117. The van der Waals surface area contributed by atoms with Gasteiger partial charge in [0, 0.05) is 18.2 Å². The van der Waals surface area contributed by atoms with Crippen LogP contribution in [0, 0.1) is 11.6 Å². The van der Waals surface area contributed by atoms with Crippen LogP contribution in [0.25, 0.3) is 0 Å². The summed E-state index contributed by atoms with van der Waals surface area (Å²) in [5.41, 5.74) is -5.97. The number of sulfonamides is 2. The highest BCUT2D eigenvalue weighted by Gasteiger charge is 2.52. The van der Waals surface area contributed by atoms with E-state index in [0.717, 1.165) is 18.2 Å². The molecule has 170 valence electrons. The molecule has 1 saturated carbocycles. The van der Waals surface area contributed by atoms with Gasteiger partial charge in [-0.15, -0.1) is 0 Å². The van der Waals surface area contributed by atoms with Crippen molar-refractivity contribution in [1.29, 1.82) is 0 Å². The standard InChI is InChI=1S/C17H21F5N2O4S2/c1-2-3-10-23-29(25,26)16(14-11-12(18)4-5-15(14)19)8-6-13(7-9-16)24-30(27,28)17(20,21)22/h2-5,11,13,23-24H,6-10H2,1H3/b3-2+/t13-,16+. The monoisotopic (exact) mass is 476 g/mol. The third-order valence-electron chi connectivity index (χ3n) is 4.98. The van der Waals surface area contributed by atoms with Gasteiger partial charge in [-0.25, -0.2) is 35.1 Å². The van der Waals surface area contributed by atoms with E-state index in [4.69, 9.17) is 0 Å². The van der Waals surface area contributed by atoms with Crippen LogP contribution >= 0.6 is 0 Å². The van der Waals surface area contributed by atoms with Gasteiger partial charge in [0.2, 0.25) is 10.0 Å². The maximum absolute atomic E-state index is 14.5. The van der Waals surface area contributed by atoms with Crippen molar-refractivity contribution in [3.63, 3.8) is 0 Å².